The van der Waals surface area contributed by atoms with E-state index in [1.165, 1.54) is 19.3 Å². The molecule has 0 spiro atoms. The van der Waals surface area contributed by atoms with E-state index in [9.17, 15) is 4.79 Å². The molecule has 0 radical (unpaired) electrons. The standard InChI is InChI=1S/C21H25N3O2/c1-13-3-2-4-17(5-13)19-23-18(26-24-19)12-22-20(25)21-9-14-6-15(10-21)8-16(7-14)11-21/h2-5,14-16H,6-12H2,1H3,(H,22,25). The zero-order valence-electron chi connectivity index (χ0n) is 15.2. The van der Waals surface area contributed by atoms with Crippen LogP contribution in [0.4, 0.5) is 0 Å². The highest BCUT2D eigenvalue weighted by Gasteiger charge is 2.54. The SMILES string of the molecule is Cc1cccc(-c2noc(CNC(=O)C34CC5CC(CC(C5)C3)C4)n2)c1. The van der Waals surface area contributed by atoms with Gasteiger partial charge in [0.2, 0.25) is 17.6 Å². The normalized spacial score (nSPS) is 32.0. The number of hydrogen-bond donors (Lipinski definition) is 1. The fraction of sp³-hybridized carbons (Fsp3) is 0.571. The van der Waals surface area contributed by atoms with Gasteiger partial charge in [-0.3, -0.25) is 4.79 Å². The Morgan fingerprint density at radius 3 is 2.54 bits per heavy atom. The molecule has 5 nitrogen and oxygen atoms in total. The second kappa shape index (κ2) is 5.93. The van der Waals surface area contributed by atoms with E-state index in [1.54, 1.807) is 0 Å². The number of nitrogens with one attached hydrogen (secondary N) is 1. The maximum Gasteiger partial charge on any atom is 0.246 e. The smallest absolute Gasteiger partial charge is 0.246 e. The highest BCUT2D eigenvalue weighted by molar-refractivity contribution is 5.83. The van der Waals surface area contributed by atoms with Gasteiger partial charge < -0.3 is 9.84 Å². The summed E-state index contributed by atoms with van der Waals surface area (Å²) in [5.41, 5.74) is 1.96. The van der Waals surface area contributed by atoms with Crippen molar-refractivity contribution in [1.29, 1.82) is 0 Å². The summed E-state index contributed by atoms with van der Waals surface area (Å²) in [6, 6.07) is 8.02. The molecule has 4 aliphatic rings. The molecule has 1 aromatic carbocycles. The first-order valence-electron chi connectivity index (χ1n) is 9.78. The summed E-state index contributed by atoms with van der Waals surface area (Å²) in [5.74, 6) is 3.55. The van der Waals surface area contributed by atoms with Crippen molar-refractivity contribution in [2.24, 2.45) is 23.2 Å². The molecular formula is C21H25N3O2. The Bertz CT molecular complexity index is 806. The number of nitrogens with zero attached hydrogens (tertiary/aromatic N) is 2. The minimum atomic E-state index is -0.131. The van der Waals surface area contributed by atoms with Crippen LogP contribution in [0.1, 0.15) is 50.0 Å². The Balaban J connectivity index is 1.26. The van der Waals surface area contributed by atoms with Crippen LogP contribution in [-0.4, -0.2) is 16.0 Å². The number of carbonyl (C=O) groups is 1. The highest BCUT2D eigenvalue weighted by atomic mass is 16.5. The highest BCUT2D eigenvalue weighted by Crippen LogP contribution is 2.60. The average Bonchev–Trinajstić information content (AvgIpc) is 3.07. The number of hydrogen-bond acceptors (Lipinski definition) is 4. The molecule has 2 aromatic rings. The first-order chi connectivity index (χ1) is 12.6. The second-order valence-electron chi connectivity index (χ2n) is 8.76. The van der Waals surface area contributed by atoms with Crippen molar-refractivity contribution in [3.63, 3.8) is 0 Å². The molecule has 4 bridgehead atoms. The number of aryl methyl sites for hydroxylation is 1. The number of benzene rings is 1. The third-order valence-electron chi connectivity index (χ3n) is 6.66. The van der Waals surface area contributed by atoms with E-state index in [1.807, 2.05) is 31.2 Å². The van der Waals surface area contributed by atoms with Crippen molar-refractivity contribution in [1.82, 2.24) is 15.5 Å². The summed E-state index contributed by atoms with van der Waals surface area (Å²) in [4.78, 5) is 17.4. The minimum Gasteiger partial charge on any atom is -0.347 e. The van der Waals surface area contributed by atoms with Crippen LogP contribution in [0.2, 0.25) is 0 Å². The minimum absolute atomic E-state index is 0.131. The van der Waals surface area contributed by atoms with Crippen LogP contribution >= 0.6 is 0 Å². The van der Waals surface area contributed by atoms with Crippen LogP contribution in [0.15, 0.2) is 28.8 Å². The monoisotopic (exact) mass is 351 g/mol. The van der Waals surface area contributed by atoms with Crippen molar-refractivity contribution < 1.29 is 9.32 Å². The van der Waals surface area contributed by atoms with Gasteiger partial charge in [0.25, 0.3) is 0 Å². The van der Waals surface area contributed by atoms with Crippen LogP contribution in [0.5, 0.6) is 0 Å². The summed E-state index contributed by atoms with van der Waals surface area (Å²) < 4.78 is 5.35. The van der Waals surface area contributed by atoms with E-state index >= 15 is 0 Å². The fourth-order valence-corrected chi connectivity index (χ4v) is 5.96. The van der Waals surface area contributed by atoms with Crippen LogP contribution in [-0.2, 0) is 11.3 Å². The van der Waals surface area contributed by atoms with Crippen molar-refractivity contribution >= 4 is 5.91 Å². The van der Waals surface area contributed by atoms with E-state index in [2.05, 4.69) is 15.5 Å². The summed E-state index contributed by atoms with van der Waals surface area (Å²) in [5, 5.41) is 7.16. The van der Waals surface area contributed by atoms with Crippen LogP contribution in [0.25, 0.3) is 11.4 Å². The molecular weight excluding hydrogens is 326 g/mol. The maximum atomic E-state index is 13.0. The van der Waals surface area contributed by atoms with Gasteiger partial charge in [0, 0.05) is 11.0 Å². The molecule has 26 heavy (non-hydrogen) atoms. The third kappa shape index (κ3) is 2.74. The van der Waals surface area contributed by atoms with Gasteiger partial charge in [-0.25, -0.2) is 0 Å². The first-order valence-corrected chi connectivity index (χ1v) is 9.78. The summed E-state index contributed by atoms with van der Waals surface area (Å²) in [6.45, 7) is 2.36. The molecule has 4 saturated carbocycles. The molecule has 6 rings (SSSR count). The van der Waals surface area contributed by atoms with Crippen molar-refractivity contribution in [3.8, 4) is 11.4 Å². The van der Waals surface area contributed by atoms with E-state index in [4.69, 9.17) is 4.52 Å². The van der Waals surface area contributed by atoms with E-state index in [0.717, 1.165) is 48.1 Å². The second-order valence-corrected chi connectivity index (χ2v) is 8.76. The predicted molar refractivity (Wildman–Crippen MR) is 96.9 cm³/mol. The quantitative estimate of drug-likeness (QED) is 0.908. The number of amides is 1. The van der Waals surface area contributed by atoms with Gasteiger partial charge in [-0.05, 0) is 69.3 Å². The van der Waals surface area contributed by atoms with Crippen LogP contribution < -0.4 is 5.32 Å². The molecule has 136 valence electrons. The summed E-state index contributed by atoms with van der Waals surface area (Å²) >= 11 is 0. The molecule has 4 fully saturated rings. The molecule has 0 saturated heterocycles. The lowest BCUT2D eigenvalue weighted by molar-refractivity contribution is -0.146. The third-order valence-corrected chi connectivity index (χ3v) is 6.66. The molecule has 1 N–H and O–H groups in total. The zero-order chi connectivity index (χ0) is 17.7. The van der Waals surface area contributed by atoms with E-state index in [0.29, 0.717) is 18.3 Å². The average molecular weight is 351 g/mol. The molecule has 1 heterocycles. The largest absolute Gasteiger partial charge is 0.347 e. The number of aromatic nitrogens is 2. The molecule has 0 unspecified atom stereocenters. The van der Waals surface area contributed by atoms with Gasteiger partial charge in [-0.15, -0.1) is 0 Å². The van der Waals surface area contributed by atoms with Crippen LogP contribution in [0, 0.1) is 30.1 Å². The maximum absolute atomic E-state index is 13.0. The zero-order valence-corrected chi connectivity index (χ0v) is 15.2. The lowest BCUT2D eigenvalue weighted by Gasteiger charge is -2.55. The summed E-state index contributed by atoms with van der Waals surface area (Å²) in [6.07, 6.45) is 7.25. The molecule has 0 atom stereocenters. The Hall–Kier alpha value is -2.17. The summed E-state index contributed by atoms with van der Waals surface area (Å²) in [7, 11) is 0. The van der Waals surface area contributed by atoms with Gasteiger partial charge in [0.1, 0.15) is 0 Å². The van der Waals surface area contributed by atoms with Gasteiger partial charge in [0.05, 0.1) is 6.54 Å². The molecule has 1 aromatic heterocycles. The molecule has 0 aliphatic heterocycles. The fourth-order valence-electron chi connectivity index (χ4n) is 5.96. The van der Waals surface area contributed by atoms with Crippen molar-refractivity contribution in [3.05, 3.63) is 35.7 Å². The van der Waals surface area contributed by atoms with E-state index in [-0.39, 0.29) is 11.3 Å². The Labute approximate surface area is 153 Å². The Morgan fingerprint density at radius 2 is 1.88 bits per heavy atom. The predicted octanol–water partition coefficient (Wildman–Crippen LogP) is 3.88. The first kappa shape index (κ1) is 16.0. The number of carbonyl (C=O) groups excluding carboxylic acids is 1. The van der Waals surface area contributed by atoms with E-state index < -0.39 is 0 Å². The Kier molecular flexibility index (Phi) is 3.66. The Morgan fingerprint density at radius 1 is 1.19 bits per heavy atom. The van der Waals surface area contributed by atoms with Crippen molar-refractivity contribution in [2.45, 2.75) is 52.0 Å². The molecule has 4 aliphatic carbocycles. The van der Waals surface area contributed by atoms with Crippen molar-refractivity contribution in [2.75, 3.05) is 0 Å². The van der Waals surface area contributed by atoms with Gasteiger partial charge in [0.15, 0.2) is 0 Å². The van der Waals surface area contributed by atoms with Gasteiger partial charge in [-0.2, -0.15) is 4.98 Å². The van der Waals surface area contributed by atoms with Gasteiger partial charge >= 0.3 is 0 Å². The topological polar surface area (TPSA) is 68.0 Å². The lowest BCUT2D eigenvalue weighted by Crippen LogP contribution is -2.53. The van der Waals surface area contributed by atoms with Gasteiger partial charge in [-0.1, -0.05) is 28.9 Å². The number of rotatable bonds is 4. The molecule has 1 amide bonds. The van der Waals surface area contributed by atoms with Crippen LogP contribution in [0.3, 0.4) is 0 Å². The molecule has 5 heteroatoms. The lowest BCUT2D eigenvalue weighted by atomic mass is 9.49.